The van der Waals surface area contributed by atoms with E-state index < -0.39 is 5.97 Å². The largest absolute Gasteiger partial charge is 0.481 e. The number of rotatable bonds is 11. The van der Waals surface area contributed by atoms with Gasteiger partial charge in [0, 0.05) is 19.5 Å². The predicted molar refractivity (Wildman–Crippen MR) is 88.3 cm³/mol. The van der Waals surface area contributed by atoms with Gasteiger partial charge in [0.2, 0.25) is 11.8 Å². The van der Waals surface area contributed by atoms with Gasteiger partial charge in [-0.3, -0.25) is 14.4 Å². The van der Waals surface area contributed by atoms with Crippen molar-refractivity contribution in [3.05, 3.63) is 35.4 Å². The van der Waals surface area contributed by atoms with E-state index in [1.165, 1.54) is 0 Å². The second kappa shape index (κ2) is 11.6. The summed E-state index contributed by atoms with van der Waals surface area (Å²) in [7, 11) is 0. The molecule has 0 heterocycles. The molecule has 0 saturated carbocycles. The minimum absolute atomic E-state index is 0.0925. The summed E-state index contributed by atoms with van der Waals surface area (Å²) in [6.45, 7) is 0.616. The molecule has 134 valence electrons. The molecule has 0 aromatic heterocycles. The van der Waals surface area contributed by atoms with Crippen LogP contribution in [0.2, 0.25) is 0 Å². The monoisotopic (exact) mass is 347 g/mol. The molecular formula is C17H21N3O5. The molecule has 0 saturated heterocycles. The van der Waals surface area contributed by atoms with Crippen molar-refractivity contribution in [3.8, 4) is 6.07 Å². The van der Waals surface area contributed by atoms with Gasteiger partial charge >= 0.3 is 5.97 Å². The summed E-state index contributed by atoms with van der Waals surface area (Å²) in [6, 6.07) is 8.91. The van der Waals surface area contributed by atoms with E-state index >= 15 is 0 Å². The highest BCUT2D eigenvalue weighted by Crippen LogP contribution is 2.04. The van der Waals surface area contributed by atoms with Crippen LogP contribution in [0.1, 0.15) is 30.4 Å². The van der Waals surface area contributed by atoms with Crippen molar-refractivity contribution in [2.75, 3.05) is 19.7 Å². The molecular weight excluding hydrogens is 326 g/mol. The minimum Gasteiger partial charge on any atom is -0.481 e. The number of amides is 2. The first-order valence-corrected chi connectivity index (χ1v) is 7.83. The smallest absolute Gasteiger partial charge is 0.305 e. The number of benzene rings is 1. The SMILES string of the molecule is N#Cc1ccc(COCC(=O)NCCCC(=O)NCCC(=O)O)cc1. The van der Waals surface area contributed by atoms with Gasteiger partial charge in [0.05, 0.1) is 24.7 Å². The number of hydrogen-bond donors (Lipinski definition) is 3. The third-order valence-electron chi connectivity index (χ3n) is 3.15. The lowest BCUT2D eigenvalue weighted by Gasteiger charge is -2.07. The maximum Gasteiger partial charge on any atom is 0.305 e. The summed E-state index contributed by atoms with van der Waals surface area (Å²) < 4.78 is 5.28. The molecule has 0 fully saturated rings. The van der Waals surface area contributed by atoms with E-state index in [0.29, 0.717) is 18.5 Å². The molecule has 25 heavy (non-hydrogen) atoms. The Balaban J connectivity index is 2.05. The number of carboxylic acid groups (broad SMARTS) is 1. The fourth-order valence-corrected chi connectivity index (χ4v) is 1.86. The predicted octanol–water partition coefficient (Wildman–Crippen LogP) is 0.562. The summed E-state index contributed by atoms with van der Waals surface area (Å²) >= 11 is 0. The van der Waals surface area contributed by atoms with Crippen molar-refractivity contribution in [1.82, 2.24) is 10.6 Å². The third kappa shape index (κ3) is 9.73. The molecule has 1 aromatic carbocycles. The van der Waals surface area contributed by atoms with Gasteiger partial charge in [0.15, 0.2) is 0 Å². The molecule has 0 aliphatic heterocycles. The zero-order valence-electron chi connectivity index (χ0n) is 13.8. The molecule has 0 atom stereocenters. The molecule has 0 spiro atoms. The number of nitrogens with one attached hydrogen (secondary N) is 2. The Morgan fingerprint density at radius 3 is 2.36 bits per heavy atom. The van der Waals surface area contributed by atoms with Gasteiger partial charge in [-0.1, -0.05) is 12.1 Å². The Hall–Kier alpha value is -2.92. The van der Waals surface area contributed by atoms with Gasteiger partial charge in [-0.2, -0.15) is 5.26 Å². The highest BCUT2D eigenvalue weighted by molar-refractivity contribution is 5.78. The van der Waals surface area contributed by atoms with E-state index in [0.717, 1.165) is 5.56 Å². The Morgan fingerprint density at radius 2 is 1.72 bits per heavy atom. The van der Waals surface area contributed by atoms with E-state index in [-0.39, 0.29) is 44.4 Å². The molecule has 0 bridgehead atoms. The Labute approximate surface area is 145 Å². The molecule has 0 aliphatic rings. The number of hydrogen-bond acceptors (Lipinski definition) is 5. The molecule has 0 unspecified atom stereocenters. The van der Waals surface area contributed by atoms with Crippen molar-refractivity contribution in [2.45, 2.75) is 25.9 Å². The third-order valence-corrected chi connectivity index (χ3v) is 3.15. The van der Waals surface area contributed by atoms with Crippen LogP contribution < -0.4 is 10.6 Å². The summed E-state index contributed by atoms with van der Waals surface area (Å²) in [6.07, 6.45) is 0.561. The number of ether oxygens (including phenoxy) is 1. The molecule has 2 amide bonds. The van der Waals surface area contributed by atoms with Gasteiger partial charge in [-0.25, -0.2) is 0 Å². The van der Waals surface area contributed by atoms with Crippen LogP contribution in [0, 0.1) is 11.3 Å². The van der Waals surface area contributed by atoms with Crippen LogP contribution in [-0.4, -0.2) is 42.6 Å². The van der Waals surface area contributed by atoms with E-state index in [2.05, 4.69) is 10.6 Å². The lowest BCUT2D eigenvalue weighted by Crippen LogP contribution is -2.30. The van der Waals surface area contributed by atoms with Gasteiger partial charge in [0.1, 0.15) is 6.61 Å². The van der Waals surface area contributed by atoms with Gasteiger partial charge in [0.25, 0.3) is 0 Å². The van der Waals surface area contributed by atoms with Crippen molar-refractivity contribution in [3.63, 3.8) is 0 Å². The van der Waals surface area contributed by atoms with E-state index in [1.54, 1.807) is 24.3 Å². The van der Waals surface area contributed by atoms with Crippen molar-refractivity contribution in [2.24, 2.45) is 0 Å². The zero-order valence-corrected chi connectivity index (χ0v) is 13.8. The van der Waals surface area contributed by atoms with Gasteiger partial charge in [-0.05, 0) is 24.1 Å². The molecule has 0 radical (unpaired) electrons. The van der Waals surface area contributed by atoms with Gasteiger partial charge in [-0.15, -0.1) is 0 Å². The average molecular weight is 347 g/mol. The van der Waals surface area contributed by atoms with Crippen LogP contribution in [0.25, 0.3) is 0 Å². The Morgan fingerprint density at radius 1 is 1.04 bits per heavy atom. The molecule has 3 N–H and O–H groups in total. The highest BCUT2D eigenvalue weighted by atomic mass is 16.5. The van der Waals surface area contributed by atoms with Gasteiger partial charge < -0.3 is 20.5 Å². The number of nitriles is 1. The maximum absolute atomic E-state index is 11.6. The van der Waals surface area contributed by atoms with E-state index in [4.69, 9.17) is 15.1 Å². The topological polar surface area (TPSA) is 129 Å². The van der Waals surface area contributed by atoms with Crippen molar-refractivity contribution in [1.29, 1.82) is 5.26 Å². The highest BCUT2D eigenvalue weighted by Gasteiger charge is 2.05. The molecule has 8 nitrogen and oxygen atoms in total. The van der Waals surface area contributed by atoms with Crippen LogP contribution in [0.5, 0.6) is 0 Å². The molecule has 8 heteroatoms. The number of nitrogens with zero attached hydrogens (tertiary/aromatic N) is 1. The van der Waals surface area contributed by atoms with Crippen LogP contribution in [0.3, 0.4) is 0 Å². The van der Waals surface area contributed by atoms with Crippen LogP contribution >= 0.6 is 0 Å². The lowest BCUT2D eigenvalue weighted by atomic mass is 10.2. The zero-order chi connectivity index (χ0) is 18.5. The Bertz CT molecular complexity index is 622. The normalized spacial score (nSPS) is 9.88. The Kier molecular flexibility index (Phi) is 9.33. The molecule has 1 rings (SSSR count). The molecule has 1 aromatic rings. The standard InChI is InChI=1S/C17H21N3O5/c18-10-13-3-5-14(6-4-13)11-25-12-16(22)19-8-1-2-15(21)20-9-7-17(23)24/h3-6H,1-2,7-9,11-12H2,(H,19,22)(H,20,21)(H,23,24). The first-order valence-electron chi connectivity index (χ1n) is 7.83. The first-order chi connectivity index (χ1) is 12.0. The van der Waals surface area contributed by atoms with E-state index in [9.17, 15) is 14.4 Å². The second-order valence-electron chi connectivity index (χ2n) is 5.25. The number of aliphatic carboxylic acids is 1. The fraction of sp³-hybridized carbons (Fsp3) is 0.412. The van der Waals surface area contributed by atoms with E-state index in [1.807, 2.05) is 6.07 Å². The number of carbonyl (C=O) groups is 3. The van der Waals surface area contributed by atoms with Crippen molar-refractivity contribution >= 4 is 17.8 Å². The quantitative estimate of drug-likeness (QED) is 0.502. The van der Waals surface area contributed by atoms with Crippen molar-refractivity contribution < 1.29 is 24.2 Å². The first kappa shape index (κ1) is 20.1. The van der Waals surface area contributed by atoms with Crippen LogP contribution in [-0.2, 0) is 25.7 Å². The summed E-state index contributed by atoms with van der Waals surface area (Å²) in [5.41, 5.74) is 1.43. The fourth-order valence-electron chi connectivity index (χ4n) is 1.86. The average Bonchev–Trinajstić information content (AvgIpc) is 2.59. The second-order valence-corrected chi connectivity index (χ2v) is 5.25. The van der Waals surface area contributed by atoms with Crippen LogP contribution in [0.15, 0.2) is 24.3 Å². The molecule has 0 aliphatic carbocycles. The number of carboxylic acids is 1. The summed E-state index contributed by atoms with van der Waals surface area (Å²) in [5, 5.41) is 22.3. The number of carbonyl (C=O) groups excluding carboxylic acids is 2. The lowest BCUT2D eigenvalue weighted by molar-refractivity contribution is -0.137. The summed E-state index contributed by atoms with van der Waals surface area (Å²) in [4.78, 5) is 33.3. The van der Waals surface area contributed by atoms with Crippen LogP contribution in [0.4, 0.5) is 0 Å². The summed E-state index contributed by atoms with van der Waals surface area (Å²) in [5.74, 6) is -1.49. The minimum atomic E-state index is -0.964. The maximum atomic E-state index is 11.6.